The summed E-state index contributed by atoms with van der Waals surface area (Å²) >= 11 is 0. The van der Waals surface area contributed by atoms with E-state index < -0.39 is 20.8 Å². The van der Waals surface area contributed by atoms with Crippen molar-refractivity contribution in [3.05, 3.63) is 29.1 Å². The van der Waals surface area contributed by atoms with E-state index in [2.05, 4.69) is 12.2 Å². The number of carbonyl (C=O) groups is 1. The highest BCUT2D eigenvalue weighted by Crippen LogP contribution is 2.27. The van der Waals surface area contributed by atoms with Gasteiger partial charge in [0.15, 0.2) is 0 Å². The van der Waals surface area contributed by atoms with Crippen LogP contribution in [0.25, 0.3) is 0 Å². The second-order valence-corrected chi connectivity index (χ2v) is 7.85. The molecule has 0 bridgehead atoms. The summed E-state index contributed by atoms with van der Waals surface area (Å²) in [6, 6.07) is 2.11. The molecule has 0 spiro atoms. The first-order valence-corrected chi connectivity index (χ1v) is 8.55. The molecule has 1 N–H and O–H groups in total. The molecule has 7 heteroatoms. The van der Waals surface area contributed by atoms with Gasteiger partial charge in [0.1, 0.15) is 5.82 Å². The maximum atomic E-state index is 14.0. The Kier molecular flexibility index (Phi) is 4.07. The molecule has 0 atom stereocenters. The molecule has 1 aromatic rings. The van der Waals surface area contributed by atoms with E-state index >= 15 is 0 Å². The Morgan fingerprint density at radius 1 is 1.40 bits per heavy atom. The molecular formula is C13H15ClFNO3S. The van der Waals surface area contributed by atoms with Crippen LogP contribution < -0.4 is 5.32 Å². The zero-order valence-electron chi connectivity index (χ0n) is 11.1. The van der Waals surface area contributed by atoms with Gasteiger partial charge in [0.2, 0.25) is 0 Å². The van der Waals surface area contributed by atoms with E-state index in [1.165, 1.54) is 6.92 Å². The Hall–Kier alpha value is -1.14. The smallest absolute Gasteiger partial charge is 0.261 e. The Balaban J connectivity index is 2.30. The van der Waals surface area contributed by atoms with Gasteiger partial charge in [-0.3, -0.25) is 4.79 Å². The number of halogens is 2. The minimum atomic E-state index is -4.00. The molecule has 1 aliphatic carbocycles. The van der Waals surface area contributed by atoms with Gasteiger partial charge in [0.25, 0.3) is 15.0 Å². The Morgan fingerprint density at radius 2 is 2.00 bits per heavy atom. The van der Waals surface area contributed by atoms with Gasteiger partial charge in [-0.2, -0.15) is 0 Å². The number of amides is 1. The summed E-state index contributed by atoms with van der Waals surface area (Å²) in [7, 11) is 1.24. The average molecular weight is 320 g/mol. The molecule has 20 heavy (non-hydrogen) atoms. The lowest BCUT2D eigenvalue weighted by Crippen LogP contribution is -2.43. The predicted molar refractivity (Wildman–Crippen MR) is 73.8 cm³/mol. The molecule has 4 nitrogen and oxygen atoms in total. The van der Waals surface area contributed by atoms with Crippen molar-refractivity contribution in [3.8, 4) is 0 Å². The molecule has 1 saturated carbocycles. The van der Waals surface area contributed by atoms with Crippen LogP contribution in [0.3, 0.4) is 0 Å². The Labute approximate surface area is 121 Å². The summed E-state index contributed by atoms with van der Waals surface area (Å²) in [5.41, 5.74) is -0.220. The number of aryl methyl sites for hydroxylation is 1. The summed E-state index contributed by atoms with van der Waals surface area (Å²) in [5, 5.41) is 2.69. The minimum Gasteiger partial charge on any atom is -0.349 e. The van der Waals surface area contributed by atoms with E-state index in [1.807, 2.05) is 0 Å². The molecule has 110 valence electrons. The zero-order valence-corrected chi connectivity index (χ0v) is 12.7. The summed E-state index contributed by atoms with van der Waals surface area (Å²) in [6.07, 6.45) is 1.69. The molecule has 0 aliphatic heterocycles. The van der Waals surface area contributed by atoms with E-state index in [9.17, 15) is 17.6 Å². The molecule has 0 unspecified atom stereocenters. The van der Waals surface area contributed by atoms with Crippen molar-refractivity contribution < 1.29 is 17.6 Å². The fourth-order valence-electron chi connectivity index (χ4n) is 2.33. The molecule has 1 fully saturated rings. The molecule has 0 heterocycles. The molecule has 2 rings (SSSR count). The highest BCUT2D eigenvalue weighted by molar-refractivity contribution is 8.13. The monoisotopic (exact) mass is 319 g/mol. The van der Waals surface area contributed by atoms with E-state index in [4.69, 9.17) is 10.7 Å². The summed E-state index contributed by atoms with van der Waals surface area (Å²) in [4.78, 5) is 11.7. The highest BCUT2D eigenvalue weighted by atomic mass is 35.7. The zero-order chi connectivity index (χ0) is 15.1. The third-order valence-electron chi connectivity index (χ3n) is 3.46. The lowest BCUT2D eigenvalue weighted by atomic mass is 9.82. The molecular weight excluding hydrogens is 305 g/mol. The molecule has 1 amide bonds. The topological polar surface area (TPSA) is 63.2 Å². The van der Waals surface area contributed by atoms with Crippen molar-refractivity contribution in [2.24, 2.45) is 5.92 Å². The summed E-state index contributed by atoms with van der Waals surface area (Å²) < 4.78 is 36.6. The lowest BCUT2D eigenvalue weighted by Gasteiger charge is -2.33. The molecule has 0 aromatic heterocycles. The first-order chi connectivity index (χ1) is 9.18. The fourth-order valence-corrected chi connectivity index (χ4v) is 3.17. The van der Waals surface area contributed by atoms with Crippen molar-refractivity contribution >= 4 is 25.6 Å². The Bertz CT molecular complexity index is 654. The molecule has 0 saturated heterocycles. The van der Waals surface area contributed by atoms with E-state index in [1.54, 1.807) is 0 Å². The SMILES string of the molecule is Cc1cc(S(=O)(=O)Cl)cc(C(=O)NC2CC(C)C2)c1F. The summed E-state index contributed by atoms with van der Waals surface area (Å²) in [6.45, 7) is 3.46. The van der Waals surface area contributed by atoms with Crippen LogP contribution in [0.5, 0.6) is 0 Å². The fraction of sp³-hybridized carbons (Fsp3) is 0.462. The van der Waals surface area contributed by atoms with Crippen LogP contribution in [0, 0.1) is 18.7 Å². The van der Waals surface area contributed by atoms with E-state index in [0.717, 1.165) is 25.0 Å². The van der Waals surface area contributed by atoms with Gasteiger partial charge >= 0.3 is 0 Å². The van der Waals surface area contributed by atoms with Gasteiger partial charge < -0.3 is 5.32 Å². The standard InChI is InChI=1S/C13H15ClFNO3S/c1-7-3-9(4-7)16-13(17)11-6-10(20(14,18)19)5-8(2)12(11)15/h5-7,9H,3-4H2,1-2H3,(H,16,17). The van der Waals surface area contributed by atoms with Crippen molar-refractivity contribution in [1.82, 2.24) is 5.32 Å². The van der Waals surface area contributed by atoms with Crippen LogP contribution >= 0.6 is 10.7 Å². The normalized spacial score (nSPS) is 22.2. The molecule has 1 aromatic carbocycles. The van der Waals surface area contributed by atoms with Gasteiger partial charge in [0.05, 0.1) is 10.5 Å². The molecule has 0 radical (unpaired) electrons. The third-order valence-corrected chi connectivity index (χ3v) is 4.80. The third kappa shape index (κ3) is 3.12. The van der Waals surface area contributed by atoms with Crippen molar-refractivity contribution in [2.75, 3.05) is 0 Å². The number of nitrogens with one attached hydrogen (secondary N) is 1. The van der Waals surface area contributed by atoms with Gasteiger partial charge in [-0.15, -0.1) is 0 Å². The second-order valence-electron chi connectivity index (χ2n) is 5.29. The largest absolute Gasteiger partial charge is 0.349 e. The number of rotatable bonds is 3. The van der Waals surface area contributed by atoms with Crippen molar-refractivity contribution in [3.63, 3.8) is 0 Å². The number of hydrogen-bond donors (Lipinski definition) is 1. The van der Waals surface area contributed by atoms with Crippen LogP contribution in [0.15, 0.2) is 17.0 Å². The first kappa shape index (κ1) is 15.3. The van der Waals surface area contributed by atoms with E-state index in [0.29, 0.717) is 5.92 Å². The van der Waals surface area contributed by atoms with Crippen LogP contribution in [-0.2, 0) is 9.05 Å². The predicted octanol–water partition coefficient (Wildman–Crippen LogP) is 2.59. The average Bonchev–Trinajstić information content (AvgIpc) is 2.28. The van der Waals surface area contributed by atoms with Gasteiger partial charge in [-0.25, -0.2) is 12.8 Å². The minimum absolute atomic E-state index is 0.0217. The number of hydrogen-bond acceptors (Lipinski definition) is 3. The Morgan fingerprint density at radius 3 is 2.50 bits per heavy atom. The lowest BCUT2D eigenvalue weighted by molar-refractivity contribution is 0.0891. The number of carbonyl (C=O) groups excluding carboxylic acids is 1. The first-order valence-electron chi connectivity index (χ1n) is 6.24. The van der Waals surface area contributed by atoms with Gasteiger partial charge in [-0.05, 0) is 43.4 Å². The van der Waals surface area contributed by atoms with Crippen LogP contribution in [-0.4, -0.2) is 20.4 Å². The quantitative estimate of drug-likeness (QED) is 0.871. The van der Waals surface area contributed by atoms with E-state index in [-0.39, 0.29) is 22.1 Å². The maximum Gasteiger partial charge on any atom is 0.261 e. The summed E-state index contributed by atoms with van der Waals surface area (Å²) in [5.74, 6) is -0.787. The highest BCUT2D eigenvalue weighted by Gasteiger charge is 2.28. The van der Waals surface area contributed by atoms with Crippen molar-refractivity contribution in [2.45, 2.75) is 37.6 Å². The van der Waals surface area contributed by atoms with Crippen LogP contribution in [0.2, 0.25) is 0 Å². The van der Waals surface area contributed by atoms with Crippen LogP contribution in [0.4, 0.5) is 4.39 Å². The molecule has 1 aliphatic rings. The van der Waals surface area contributed by atoms with Crippen molar-refractivity contribution in [1.29, 1.82) is 0 Å². The number of benzene rings is 1. The maximum absolute atomic E-state index is 14.0. The van der Waals surface area contributed by atoms with Crippen LogP contribution in [0.1, 0.15) is 35.7 Å². The van der Waals surface area contributed by atoms with Gasteiger partial charge in [0, 0.05) is 16.7 Å². The second kappa shape index (κ2) is 5.33. The van der Waals surface area contributed by atoms with Gasteiger partial charge in [-0.1, -0.05) is 6.92 Å².